The maximum Gasteiger partial charge on any atom is -0.0322 e. The molecule has 0 aromatic rings. The quantitative estimate of drug-likeness (QED) is 0.484. The van der Waals surface area contributed by atoms with Crippen molar-refractivity contribution < 1.29 is 0 Å². The van der Waals surface area contributed by atoms with Gasteiger partial charge in [0.1, 0.15) is 0 Å². The molecule has 0 spiro atoms. The lowest BCUT2D eigenvalue weighted by atomic mass is 10.1. The summed E-state index contributed by atoms with van der Waals surface area (Å²) >= 11 is 0. The van der Waals surface area contributed by atoms with Crippen LogP contribution in [0, 0.1) is 5.41 Å². The van der Waals surface area contributed by atoms with Crippen molar-refractivity contribution in [1.82, 2.24) is 0 Å². The zero-order chi connectivity index (χ0) is 5.33. The van der Waals surface area contributed by atoms with E-state index in [2.05, 4.69) is 16.2 Å². The molecule has 1 fully saturated rings. The van der Waals surface area contributed by atoms with Gasteiger partial charge in [-0.2, -0.15) is 0 Å². The first-order valence-corrected chi connectivity index (χ1v) is 3.79. The molecule has 0 N–H and O–H groups in total. The van der Waals surface area contributed by atoms with Gasteiger partial charge in [0, 0.05) is 0 Å². The van der Waals surface area contributed by atoms with Gasteiger partial charge in [0.05, 0.1) is 0 Å². The van der Waals surface area contributed by atoms with Gasteiger partial charge in [-0.05, 0) is 30.8 Å². The lowest BCUT2D eigenvalue weighted by Gasteiger charge is -2.01. The Morgan fingerprint density at radius 1 is 1.57 bits per heavy atom. The number of hydrogen-bond donors (Lipinski definition) is 0. The molecule has 42 valence electrons. The summed E-state index contributed by atoms with van der Waals surface area (Å²) in [6.07, 6.45) is 5.65. The van der Waals surface area contributed by atoms with E-state index in [1.807, 2.05) is 0 Å². The van der Waals surface area contributed by atoms with Gasteiger partial charge in [-0.15, -0.1) is 9.24 Å². The third kappa shape index (κ3) is 1.42. The predicted octanol–water partition coefficient (Wildman–Crippen LogP) is 2.05. The van der Waals surface area contributed by atoms with Gasteiger partial charge in [0.2, 0.25) is 0 Å². The van der Waals surface area contributed by atoms with E-state index in [0.29, 0.717) is 0 Å². The molecule has 0 aliphatic heterocycles. The van der Waals surface area contributed by atoms with Gasteiger partial charge in [0.15, 0.2) is 0 Å². The average molecular weight is 116 g/mol. The van der Waals surface area contributed by atoms with Crippen molar-refractivity contribution >= 4 is 9.24 Å². The fourth-order valence-corrected chi connectivity index (χ4v) is 1.51. The van der Waals surface area contributed by atoms with Crippen LogP contribution < -0.4 is 0 Å². The molecular weight excluding hydrogens is 103 g/mol. The van der Waals surface area contributed by atoms with E-state index in [-0.39, 0.29) is 0 Å². The lowest BCUT2D eigenvalue weighted by Crippen LogP contribution is -1.91. The van der Waals surface area contributed by atoms with Gasteiger partial charge in [-0.25, -0.2) is 0 Å². The Balaban J connectivity index is 2.13. The Labute approximate surface area is 47.9 Å². The van der Waals surface area contributed by atoms with Gasteiger partial charge in [-0.3, -0.25) is 0 Å². The SMILES string of the molecule is CC1(CCP)CC1. The second-order valence-corrected chi connectivity index (χ2v) is 3.43. The molecule has 0 heterocycles. The van der Waals surface area contributed by atoms with Crippen LogP contribution in [0.15, 0.2) is 0 Å². The maximum atomic E-state index is 2.78. The summed E-state index contributed by atoms with van der Waals surface area (Å²) in [6.45, 7) is 2.37. The van der Waals surface area contributed by atoms with E-state index in [9.17, 15) is 0 Å². The molecule has 7 heavy (non-hydrogen) atoms. The standard InChI is InChI=1S/C6H13P/c1-6(2-3-6)4-5-7/h2-5,7H2,1H3. The van der Waals surface area contributed by atoms with E-state index in [4.69, 9.17) is 0 Å². The van der Waals surface area contributed by atoms with Crippen molar-refractivity contribution in [1.29, 1.82) is 0 Å². The highest BCUT2D eigenvalue weighted by Crippen LogP contribution is 2.48. The second kappa shape index (κ2) is 1.74. The Morgan fingerprint density at radius 2 is 2.14 bits per heavy atom. The highest BCUT2D eigenvalue weighted by atomic mass is 31.0. The molecule has 1 unspecified atom stereocenters. The lowest BCUT2D eigenvalue weighted by molar-refractivity contribution is 0.556. The van der Waals surface area contributed by atoms with Crippen molar-refractivity contribution in [2.24, 2.45) is 5.41 Å². The van der Waals surface area contributed by atoms with E-state index in [0.717, 1.165) is 5.41 Å². The van der Waals surface area contributed by atoms with Gasteiger partial charge in [-0.1, -0.05) is 6.92 Å². The Kier molecular flexibility index (Phi) is 1.39. The second-order valence-electron chi connectivity index (χ2n) is 2.85. The number of rotatable bonds is 2. The van der Waals surface area contributed by atoms with Crippen LogP contribution in [0.3, 0.4) is 0 Å². The molecule has 1 aliphatic rings. The molecule has 0 radical (unpaired) electrons. The summed E-state index contributed by atoms with van der Waals surface area (Å²) in [5.74, 6) is 0. The van der Waals surface area contributed by atoms with E-state index in [1.165, 1.54) is 25.4 Å². The maximum absolute atomic E-state index is 2.78. The van der Waals surface area contributed by atoms with E-state index >= 15 is 0 Å². The highest BCUT2D eigenvalue weighted by molar-refractivity contribution is 7.16. The van der Waals surface area contributed by atoms with Crippen molar-refractivity contribution in [3.8, 4) is 0 Å². The first kappa shape index (κ1) is 5.56. The van der Waals surface area contributed by atoms with Crippen LogP contribution in [0.25, 0.3) is 0 Å². The van der Waals surface area contributed by atoms with Crippen molar-refractivity contribution in [3.05, 3.63) is 0 Å². The molecule has 0 nitrogen and oxygen atoms in total. The van der Waals surface area contributed by atoms with E-state index < -0.39 is 0 Å². The van der Waals surface area contributed by atoms with Gasteiger partial charge < -0.3 is 0 Å². The summed E-state index contributed by atoms with van der Waals surface area (Å²) in [7, 11) is 2.78. The molecule has 0 saturated heterocycles. The van der Waals surface area contributed by atoms with Crippen LogP contribution in [0.5, 0.6) is 0 Å². The summed E-state index contributed by atoms with van der Waals surface area (Å²) < 4.78 is 0. The molecule has 0 amide bonds. The zero-order valence-corrected chi connectivity index (χ0v) is 6.06. The van der Waals surface area contributed by atoms with Crippen molar-refractivity contribution in [3.63, 3.8) is 0 Å². The minimum absolute atomic E-state index is 0.780. The minimum atomic E-state index is 0.780. The third-order valence-corrected chi connectivity index (χ3v) is 2.14. The Bertz CT molecular complexity index is 64.6. The van der Waals surface area contributed by atoms with Crippen LogP contribution in [0.4, 0.5) is 0 Å². The molecule has 0 bridgehead atoms. The third-order valence-electron chi connectivity index (χ3n) is 1.85. The first-order chi connectivity index (χ1) is 3.27. The monoisotopic (exact) mass is 116 g/mol. The molecule has 1 saturated carbocycles. The normalized spacial score (nSPS) is 24.9. The zero-order valence-electron chi connectivity index (χ0n) is 4.91. The average Bonchev–Trinajstić information content (AvgIpc) is 2.22. The fourth-order valence-electron chi connectivity index (χ4n) is 0.812. The smallest absolute Gasteiger partial charge is 0.0322 e. The van der Waals surface area contributed by atoms with Crippen LogP contribution in [-0.4, -0.2) is 6.16 Å². The predicted molar refractivity (Wildman–Crippen MR) is 36.5 cm³/mol. The molecule has 1 aliphatic carbocycles. The Hall–Kier alpha value is 0.430. The largest absolute Gasteiger partial charge is 0.138 e. The molecule has 0 aromatic heterocycles. The number of hydrogen-bond acceptors (Lipinski definition) is 0. The van der Waals surface area contributed by atoms with Crippen LogP contribution in [-0.2, 0) is 0 Å². The molecule has 1 heteroatoms. The van der Waals surface area contributed by atoms with Crippen LogP contribution in [0.1, 0.15) is 26.2 Å². The molecule has 0 aromatic carbocycles. The molecule has 1 atom stereocenters. The van der Waals surface area contributed by atoms with Crippen molar-refractivity contribution in [2.75, 3.05) is 6.16 Å². The molecule has 1 rings (SSSR count). The summed E-state index contributed by atoms with van der Waals surface area (Å²) in [6, 6.07) is 0. The first-order valence-electron chi connectivity index (χ1n) is 2.97. The summed E-state index contributed by atoms with van der Waals surface area (Å²) in [5.41, 5.74) is 0.780. The topological polar surface area (TPSA) is 0 Å². The van der Waals surface area contributed by atoms with E-state index in [1.54, 1.807) is 0 Å². The molecular formula is C6H13P. The van der Waals surface area contributed by atoms with Gasteiger partial charge >= 0.3 is 0 Å². The summed E-state index contributed by atoms with van der Waals surface area (Å²) in [5, 5.41) is 0. The Morgan fingerprint density at radius 3 is 2.29 bits per heavy atom. The van der Waals surface area contributed by atoms with Crippen LogP contribution in [0.2, 0.25) is 0 Å². The van der Waals surface area contributed by atoms with Crippen molar-refractivity contribution in [2.45, 2.75) is 26.2 Å². The highest BCUT2D eigenvalue weighted by Gasteiger charge is 2.35. The summed E-state index contributed by atoms with van der Waals surface area (Å²) in [4.78, 5) is 0. The minimum Gasteiger partial charge on any atom is -0.138 e. The van der Waals surface area contributed by atoms with Crippen LogP contribution >= 0.6 is 9.24 Å². The van der Waals surface area contributed by atoms with Gasteiger partial charge in [0.25, 0.3) is 0 Å². The fraction of sp³-hybridized carbons (Fsp3) is 1.00.